The smallest absolute Gasteiger partial charge is 0.379 e. The van der Waals surface area contributed by atoms with Crippen LogP contribution in [0.25, 0.3) is 10.9 Å². The van der Waals surface area contributed by atoms with Gasteiger partial charge in [0.15, 0.2) is 0 Å². The van der Waals surface area contributed by atoms with E-state index in [-0.39, 0.29) is 31.2 Å². The van der Waals surface area contributed by atoms with Gasteiger partial charge >= 0.3 is 12.4 Å². The molecule has 1 aliphatic rings. The van der Waals surface area contributed by atoms with E-state index in [2.05, 4.69) is 10.2 Å². The predicted molar refractivity (Wildman–Crippen MR) is 148 cm³/mol. The molecule has 13 heteroatoms. The van der Waals surface area contributed by atoms with Crippen LogP contribution >= 0.6 is 0 Å². The van der Waals surface area contributed by atoms with Gasteiger partial charge in [0.25, 0.3) is 5.91 Å². The third-order valence-corrected chi connectivity index (χ3v) is 7.70. The fraction of sp³-hybridized carbons (Fsp3) is 0.467. The van der Waals surface area contributed by atoms with E-state index < -0.39 is 41.0 Å². The van der Waals surface area contributed by atoms with Crippen LogP contribution in [0.4, 0.5) is 26.3 Å². The highest BCUT2D eigenvalue weighted by Crippen LogP contribution is 2.37. The second-order valence-corrected chi connectivity index (χ2v) is 10.7. The van der Waals surface area contributed by atoms with Gasteiger partial charge in [-0.2, -0.15) is 26.3 Å². The fourth-order valence-electron chi connectivity index (χ4n) is 5.29. The number of ether oxygens (including phenoxy) is 1. The van der Waals surface area contributed by atoms with Crippen molar-refractivity contribution in [2.45, 2.75) is 37.7 Å². The minimum atomic E-state index is -5.09. The molecule has 2 heterocycles. The first kappa shape index (κ1) is 32.3. The molecule has 2 aromatic carbocycles. The molecule has 0 saturated carbocycles. The van der Waals surface area contributed by atoms with Gasteiger partial charge in [-0.3, -0.25) is 14.5 Å². The number of para-hydroxylation sites is 1. The molecule has 0 spiro atoms. The molecule has 1 N–H and O–H groups in total. The number of nitrogens with one attached hydrogen (secondary N) is 1. The van der Waals surface area contributed by atoms with Crippen LogP contribution in [0.3, 0.4) is 0 Å². The molecule has 1 aromatic heterocycles. The topological polar surface area (TPSA) is 66.8 Å². The lowest BCUT2D eigenvalue weighted by Gasteiger charge is -2.29. The van der Waals surface area contributed by atoms with Gasteiger partial charge in [-0.1, -0.05) is 18.2 Å². The van der Waals surface area contributed by atoms with Gasteiger partial charge in [0, 0.05) is 75.4 Å². The SMILES string of the molecule is CN(C(=O)c1cc(C(F)(F)F)cc(C(F)(F)F)c1)C(CCC(=O)NCCN1CCOCC1)Cc1cn(C)c2ccccc12. The Labute approximate surface area is 245 Å². The molecule has 1 saturated heterocycles. The number of carbonyl (C=O) groups excluding carboxylic acids is 2. The van der Waals surface area contributed by atoms with E-state index in [1.807, 2.05) is 42.1 Å². The van der Waals surface area contributed by atoms with Gasteiger partial charge in [-0.15, -0.1) is 0 Å². The van der Waals surface area contributed by atoms with Crippen molar-refractivity contribution in [2.24, 2.45) is 7.05 Å². The van der Waals surface area contributed by atoms with Crippen LogP contribution in [0.1, 0.15) is 39.9 Å². The standard InChI is InChI=1S/C30H34F6N4O3/c1-38-19-21(25-5-3-4-6-26(25)38)17-24(7-8-27(41)37-9-10-40-11-13-43-14-12-40)39(2)28(42)20-15-22(29(31,32)33)18-23(16-20)30(34,35)36/h3-6,15-16,18-19,24H,7-14,17H2,1-2H3,(H,37,41). The van der Waals surface area contributed by atoms with Crippen molar-refractivity contribution in [1.82, 2.24) is 19.7 Å². The number of rotatable bonds is 10. The summed E-state index contributed by atoms with van der Waals surface area (Å²) in [5.41, 5.74) is -2.12. The maximum Gasteiger partial charge on any atom is 0.416 e. The molecule has 3 aromatic rings. The third-order valence-electron chi connectivity index (χ3n) is 7.70. The van der Waals surface area contributed by atoms with Crippen molar-refractivity contribution >= 4 is 22.7 Å². The second-order valence-electron chi connectivity index (χ2n) is 10.7. The highest BCUT2D eigenvalue weighted by atomic mass is 19.4. The van der Waals surface area contributed by atoms with Gasteiger partial charge in [-0.25, -0.2) is 0 Å². The molecule has 4 rings (SSSR count). The molecule has 7 nitrogen and oxygen atoms in total. The predicted octanol–water partition coefficient (Wildman–Crippen LogP) is 5.13. The first-order valence-electron chi connectivity index (χ1n) is 13.9. The molecule has 43 heavy (non-hydrogen) atoms. The van der Waals surface area contributed by atoms with Crippen LogP contribution in [0, 0.1) is 0 Å². The maximum atomic E-state index is 13.5. The first-order valence-corrected chi connectivity index (χ1v) is 13.9. The zero-order valence-corrected chi connectivity index (χ0v) is 23.9. The van der Waals surface area contributed by atoms with Crippen LogP contribution in [0.15, 0.2) is 48.7 Å². The van der Waals surface area contributed by atoms with Crippen molar-refractivity contribution in [1.29, 1.82) is 0 Å². The van der Waals surface area contributed by atoms with E-state index in [9.17, 15) is 35.9 Å². The van der Waals surface area contributed by atoms with E-state index in [0.29, 0.717) is 38.4 Å². The number of alkyl halides is 6. The van der Waals surface area contributed by atoms with E-state index in [4.69, 9.17) is 4.74 Å². The lowest BCUT2D eigenvalue weighted by Crippen LogP contribution is -2.42. The number of nitrogens with zero attached hydrogens (tertiary/aromatic N) is 3. The summed E-state index contributed by atoms with van der Waals surface area (Å²) in [5, 5.41) is 3.74. The van der Waals surface area contributed by atoms with Crippen LogP contribution in [0.2, 0.25) is 0 Å². The zero-order chi connectivity index (χ0) is 31.4. The Morgan fingerprint density at radius 1 is 1.00 bits per heavy atom. The Bertz CT molecular complexity index is 1400. The number of carbonyl (C=O) groups is 2. The number of amides is 2. The van der Waals surface area contributed by atoms with Crippen LogP contribution in [-0.4, -0.2) is 78.7 Å². The number of hydrogen-bond acceptors (Lipinski definition) is 4. The molecular weight excluding hydrogens is 578 g/mol. The average Bonchev–Trinajstić information content (AvgIpc) is 3.28. The number of morpholine rings is 1. The van der Waals surface area contributed by atoms with Crippen LogP contribution < -0.4 is 5.32 Å². The molecule has 1 fully saturated rings. The summed E-state index contributed by atoms with van der Waals surface area (Å²) in [7, 11) is 3.18. The normalized spacial score (nSPS) is 15.4. The quantitative estimate of drug-likeness (QED) is 0.323. The molecule has 234 valence electrons. The van der Waals surface area contributed by atoms with Crippen LogP contribution in [0.5, 0.6) is 0 Å². The van der Waals surface area contributed by atoms with Crippen molar-refractivity contribution in [3.8, 4) is 0 Å². The van der Waals surface area contributed by atoms with Gasteiger partial charge in [-0.05, 0) is 42.7 Å². The van der Waals surface area contributed by atoms with Crippen molar-refractivity contribution in [3.63, 3.8) is 0 Å². The summed E-state index contributed by atoms with van der Waals surface area (Å²) >= 11 is 0. The Morgan fingerprint density at radius 2 is 1.63 bits per heavy atom. The number of likely N-dealkylation sites (N-methyl/N-ethyl adjacent to an activating group) is 1. The summed E-state index contributed by atoms with van der Waals surface area (Å²) < 4.78 is 88.1. The number of fused-ring (bicyclic) bond motifs is 1. The molecule has 0 radical (unpaired) electrons. The largest absolute Gasteiger partial charge is 0.416 e. The molecule has 2 amide bonds. The monoisotopic (exact) mass is 612 g/mol. The van der Waals surface area contributed by atoms with Crippen molar-refractivity contribution in [3.05, 3.63) is 70.9 Å². The second kappa shape index (κ2) is 13.4. The van der Waals surface area contributed by atoms with E-state index >= 15 is 0 Å². The number of benzene rings is 2. The molecule has 0 bridgehead atoms. The van der Waals surface area contributed by atoms with Crippen molar-refractivity contribution in [2.75, 3.05) is 46.4 Å². The van der Waals surface area contributed by atoms with E-state index in [0.717, 1.165) is 34.5 Å². The summed E-state index contributed by atoms with van der Waals surface area (Å²) in [5.74, 6) is -1.27. The van der Waals surface area contributed by atoms with Gasteiger partial charge in [0.2, 0.25) is 5.91 Å². The summed E-state index contributed by atoms with van der Waals surface area (Å²) in [6, 6.07) is 7.67. The summed E-state index contributed by atoms with van der Waals surface area (Å²) in [6.45, 7) is 3.83. The Hall–Kier alpha value is -3.58. The Kier molecular flexibility index (Phi) is 10.1. The highest BCUT2D eigenvalue weighted by molar-refractivity contribution is 5.95. The zero-order valence-electron chi connectivity index (χ0n) is 23.9. The third kappa shape index (κ3) is 8.29. The molecule has 1 unspecified atom stereocenters. The Morgan fingerprint density at radius 3 is 2.26 bits per heavy atom. The number of halogens is 6. The minimum Gasteiger partial charge on any atom is -0.379 e. The van der Waals surface area contributed by atoms with E-state index in [1.165, 1.54) is 7.05 Å². The lowest BCUT2D eigenvalue weighted by molar-refractivity contribution is -0.143. The van der Waals surface area contributed by atoms with Crippen LogP contribution in [-0.2, 0) is 35.4 Å². The highest BCUT2D eigenvalue weighted by Gasteiger charge is 2.38. The fourth-order valence-corrected chi connectivity index (χ4v) is 5.29. The number of aryl methyl sites for hydroxylation is 1. The van der Waals surface area contributed by atoms with Gasteiger partial charge < -0.3 is 19.5 Å². The van der Waals surface area contributed by atoms with E-state index in [1.54, 1.807) is 0 Å². The Balaban J connectivity index is 1.56. The van der Waals surface area contributed by atoms with Crippen molar-refractivity contribution < 1.29 is 40.7 Å². The first-order chi connectivity index (χ1) is 20.2. The summed E-state index contributed by atoms with van der Waals surface area (Å²) in [4.78, 5) is 29.5. The number of hydrogen-bond donors (Lipinski definition) is 1. The molecule has 0 aliphatic carbocycles. The lowest BCUT2D eigenvalue weighted by atomic mass is 9.98. The average molecular weight is 613 g/mol. The summed E-state index contributed by atoms with van der Waals surface area (Å²) in [6.07, 6.45) is -7.93. The molecule has 1 aliphatic heterocycles. The van der Waals surface area contributed by atoms with Gasteiger partial charge in [0.05, 0.1) is 24.3 Å². The molecule has 1 atom stereocenters. The molecular formula is C30H34F6N4O3. The number of aromatic nitrogens is 1. The van der Waals surface area contributed by atoms with Gasteiger partial charge in [0.1, 0.15) is 0 Å². The maximum absolute atomic E-state index is 13.5. The minimum absolute atomic E-state index is 0.00650.